The summed E-state index contributed by atoms with van der Waals surface area (Å²) in [6.45, 7) is 7.84. The molecule has 0 aromatic heterocycles. The number of methoxy groups -OCH3 is 1. The number of nitrogens with one attached hydrogen (secondary N) is 1. The Labute approximate surface area is 91.6 Å². The Kier molecular flexibility index (Phi) is 4.84. The van der Waals surface area contributed by atoms with Crippen molar-refractivity contribution >= 4 is 5.96 Å². The van der Waals surface area contributed by atoms with Crippen LogP contribution in [0, 0.1) is 11.8 Å². The molecule has 0 spiro atoms. The number of hydrogen-bond acceptors (Lipinski definition) is 3. The number of rotatable bonds is 3. The molecule has 0 aromatic rings. The molecule has 0 aliphatic carbocycles. The average Bonchev–Trinajstić information content (AvgIpc) is 2.54. The average molecular weight is 214 g/mol. The minimum Gasteiger partial charge on any atom is -0.383 e. The third kappa shape index (κ3) is 3.35. The molecule has 0 radical (unpaired) electrons. The summed E-state index contributed by atoms with van der Waals surface area (Å²) in [5, 5.41) is 0. The lowest BCUT2D eigenvalue weighted by atomic mass is 10.0. The number of guanidine groups is 1. The highest BCUT2D eigenvalue weighted by Gasteiger charge is 2.27. The van der Waals surface area contributed by atoms with Crippen LogP contribution in [-0.2, 0) is 4.74 Å². The lowest BCUT2D eigenvalue weighted by Gasteiger charge is -2.19. The number of hydrazine groups is 1. The molecular formula is C10H22N4O. The maximum absolute atomic E-state index is 5.46. The van der Waals surface area contributed by atoms with Gasteiger partial charge in [0.2, 0.25) is 5.96 Å². The summed E-state index contributed by atoms with van der Waals surface area (Å²) in [5.41, 5.74) is 2.66. The van der Waals surface area contributed by atoms with Crippen LogP contribution in [0.3, 0.4) is 0 Å². The molecule has 3 N–H and O–H groups in total. The van der Waals surface area contributed by atoms with Gasteiger partial charge in [-0.25, -0.2) is 10.8 Å². The summed E-state index contributed by atoms with van der Waals surface area (Å²) in [6.07, 6.45) is 0. The van der Waals surface area contributed by atoms with E-state index >= 15 is 0 Å². The molecule has 15 heavy (non-hydrogen) atoms. The monoisotopic (exact) mass is 214 g/mol. The second-order valence-electron chi connectivity index (χ2n) is 4.20. The molecule has 1 saturated heterocycles. The highest BCUT2D eigenvalue weighted by atomic mass is 16.5. The Balaban J connectivity index is 2.48. The number of ether oxygens (including phenoxy) is 1. The van der Waals surface area contributed by atoms with E-state index < -0.39 is 0 Å². The first-order valence-corrected chi connectivity index (χ1v) is 5.44. The van der Waals surface area contributed by atoms with Crippen LogP contribution in [0.1, 0.15) is 13.8 Å². The van der Waals surface area contributed by atoms with Gasteiger partial charge in [0.1, 0.15) is 0 Å². The molecule has 1 fully saturated rings. The van der Waals surface area contributed by atoms with Gasteiger partial charge in [0.25, 0.3) is 0 Å². The standard InChI is InChI=1S/C10H22N4O/c1-8-6-14(7-9(8)2)10(13-11)12-4-5-15-3/h8-9H,4-7,11H2,1-3H3,(H,12,13). The van der Waals surface area contributed by atoms with Crippen molar-refractivity contribution in [3.05, 3.63) is 0 Å². The van der Waals surface area contributed by atoms with Crippen molar-refractivity contribution < 1.29 is 4.74 Å². The van der Waals surface area contributed by atoms with Crippen LogP contribution in [-0.4, -0.2) is 44.2 Å². The fourth-order valence-corrected chi connectivity index (χ4v) is 1.78. The number of hydrogen-bond donors (Lipinski definition) is 2. The topological polar surface area (TPSA) is 62.9 Å². The summed E-state index contributed by atoms with van der Waals surface area (Å²) >= 11 is 0. The molecule has 2 atom stereocenters. The third-order valence-corrected chi connectivity index (χ3v) is 2.97. The maximum atomic E-state index is 5.46. The van der Waals surface area contributed by atoms with Gasteiger partial charge in [-0.15, -0.1) is 0 Å². The molecule has 5 heteroatoms. The van der Waals surface area contributed by atoms with Crippen LogP contribution in [0.4, 0.5) is 0 Å². The van der Waals surface area contributed by atoms with Crippen molar-refractivity contribution in [3.8, 4) is 0 Å². The summed E-state index contributed by atoms with van der Waals surface area (Å²) in [6, 6.07) is 0. The van der Waals surface area contributed by atoms with Gasteiger partial charge in [-0.05, 0) is 11.8 Å². The van der Waals surface area contributed by atoms with Crippen molar-refractivity contribution in [2.45, 2.75) is 13.8 Å². The molecule has 1 rings (SSSR count). The smallest absolute Gasteiger partial charge is 0.208 e. The van der Waals surface area contributed by atoms with Crippen molar-refractivity contribution in [2.24, 2.45) is 22.7 Å². The van der Waals surface area contributed by atoms with E-state index in [4.69, 9.17) is 10.6 Å². The van der Waals surface area contributed by atoms with E-state index in [1.807, 2.05) is 0 Å². The highest BCUT2D eigenvalue weighted by Crippen LogP contribution is 2.21. The highest BCUT2D eigenvalue weighted by molar-refractivity contribution is 5.79. The fraction of sp³-hybridized carbons (Fsp3) is 0.900. The lowest BCUT2D eigenvalue weighted by Crippen LogP contribution is -2.44. The molecular weight excluding hydrogens is 192 g/mol. The molecule has 88 valence electrons. The molecule has 5 nitrogen and oxygen atoms in total. The molecule has 0 amide bonds. The summed E-state index contributed by atoms with van der Waals surface area (Å²) in [5.74, 6) is 7.64. The molecule has 1 heterocycles. The van der Waals surface area contributed by atoms with Crippen LogP contribution in [0.2, 0.25) is 0 Å². The quantitative estimate of drug-likeness (QED) is 0.229. The first kappa shape index (κ1) is 12.3. The van der Waals surface area contributed by atoms with Gasteiger partial charge in [-0.3, -0.25) is 5.43 Å². The van der Waals surface area contributed by atoms with Gasteiger partial charge >= 0.3 is 0 Å². The minimum absolute atomic E-state index is 0.629. The third-order valence-electron chi connectivity index (χ3n) is 2.97. The Morgan fingerprint density at radius 2 is 2.07 bits per heavy atom. The Bertz CT molecular complexity index is 209. The van der Waals surface area contributed by atoms with Crippen LogP contribution < -0.4 is 11.3 Å². The number of nitrogens with zero attached hydrogens (tertiary/aromatic N) is 2. The second kappa shape index (κ2) is 5.92. The molecule has 0 saturated carbocycles. The zero-order valence-corrected chi connectivity index (χ0v) is 9.86. The lowest BCUT2D eigenvalue weighted by molar-refractivity contribution is 0.207. The molecule has 2 unspecified atom stereocenters. The van der Waals surface area contributed by atoms with E-state index in [-0.39, 0.29) is 0 Å². The van der Waals surface area contributed by atoms with E-state index in [1.54, 1.807) is 7.11 Å². The summed E-state index contributed by atoms with van der Waals surface area (Å²) < 4.78 is 4.95. The minimum atomic E-state index is 0.629. The van der Waals surface area contributed by atoms with Crippen molar-refractivity contribution in [1.82, 2.24) is 10.3 Å². The second-order valence-corrected chi connectivity index (χ2v) is 4.20. The summed E-state index contributed by atoms with van der Waals surface area (Å²) in [7, 11) is 1.67. The molecule has 0 aromatic carbocycles. The van der Waals surface area contributed by atoms with Gasteiger partial charge in [0, 0.05) is 20.2 Å². The van der Waals surface area contributed by atoms with Gasteiger partial charge in [-0.1, -0.05) is 13.8 Å². The number of likely N-dealkylation sites (tertiary alicyclic amines) is 1. The summed E-state index contributed by atoms with van der Waals surface area (Å²) in [4.78, 5) is 6.56. The van der Waals surface area contributed by atoms with Crippen LogP contribution in [0.15, 0.2) is 4.99 Å². The van der Waals surface area contributed by atoms with E-state index in [0.29, 0.717) is 25.0 Å². The van der Waals surface area contributed by atoms with E-state index in [1.165, 1.54) is 0 Å². The van der Waals surface area contributed by atoms with E-state index in [2.05, 4.69) is 29.2 Å². The zero-order valence-electron chi connectivity index (χ0n) is 9.86. The number of nitrogens with two attached hydrogens (primary N) is 1. The Morgan fingerprint density at radius 3 is 2.53 bits per heavy atom. The van der Waals surface area contributed by atoms with Gasteiger partial charge in [-0.2, -0.15) is 0 Å². The van der Waals surface area contributed by atoms with Gasteiger partial charge in [0.15, 0.2) is 0 Å². The largest absolute Gasteiger partial charge is 0.383 e. The van der Waals surface area contributed by atoms with Crippen molar-refractivity contribution in [3.63, 3.8) is 0 Å². The molecule has 0 bridgehead atoms. The molecule has 1 aliphatic heterocycles. The predicted octanol–water partition coefficient (Wildman–Crippen LogP) is 0.0399. The number of aliphatic imine (C=N–C) groups is 1. The zero-order chi connectivity index (χ0) is 11.3. The van der Waals surface area contributed by atoms with Crippen LogP contribution in [0.25, 0.3) is 0 Å². The Morgan fingerprint density at radius 1 is 1.47 bits per heavy atom. The predicted molar refractivity (Wildman–Crippen MR) is 61.4 cm³/mol. The Hall–Kier alpha value is -0.810. The first-order valence-electron chi connectivity index (χ1n) is 5.44. The van der Waals surface area contributed by atoms with Gasteiger partial charge < -0.3 is 9.64 Å². The van der Waals surface area contributed by atoms with Crippen molar-refractivity contribution in [1.29, 1.82) is 0 Å². The maximum Gasteiger partial charge on any atom is 0.208 e. The first-order chi connectivity index (χ1) is 7.19. The molecule has 1 aliphatic rings. The van der Waals surface area contributed by atoms with E-state index in [9.17, 15) is 0 Å². The van der Waals surface area contributed by atoms with Crippen LogP contribution >= 0.6 is 0 Å². The normalized spacial score (nSPS) is 27.2. The van der Waals surface area contributed by atoms with E-state index in [0.717, 1.165) is 19.0 Å². The van der Waals surface area contributed by atoms with Crippen LogP contribution in [0.5, 0.6) is 0 Å². The SMILES string of the molecule is COCCN=C(NN)N1CC(C)C(C)C1. The van der Waals surface area contributed by atoms with Gasteiger partial charge in [0.05, 0.1) is 13.2 Å². The fourth-order valence-electron chi connectivity index (χ4n) is 1.78. The van der Waals surface area contributed by atoms with Crippen molar-refractivity contribution in [2.75, 3.05) is 33.4 Å².